The second-order valence-electron chi connectivity index (χ2n) is 7.28. The van der Waals surface area contributed by atoms with Crippen molar-refractivity contribution in [2.45, 2.75) is 18.1 Å². The van der Waals surface area contributed by atoms with Gasteiger partial charge in [0.1, 0.15) is 46.5 Å². The molecule has 4 N–H and O–H groups in total. The average molecular weight is 400 g/mol. The van der Waals surface area contributed by atoms with E-state index in [0.717, 1.165) is 6.07 Å². The van der Waals surface area contributed by atoms with Crippen molar-refractivity contribution in [1.82, 2.24) is 0 Å². The number of phenols is 2. The summed E-state index contributed by atoms with van der Waals surface area (Å²) in [7, 11) is 1.40. The van der Waals surface area contributed by atoms with E-state index in [1.165, 1.54) is 19.2 Å². The van der Waals surface area contributed by atoms with Gasteiger partial charge in [0.15, 0.2) is 5.60 Å². The maximum atomic E-state index is 13.1. The molecule has 0 bridgehead atoms. The van der Waals surface area contributed by atoms with Crippen LogP contribution in [0.3, 0.4) is 0 Å². The summed E-state index contributed by atoms with van der Waals surface area (Å²) in [6.07, 6.45) is 3.35. The Morgan fingerprint density at radius 2 is 1.97 bits per heavy atom. The fourth-order valence-corrected chi connectivity index (χ4v) is 3.59. The molecule has 152 valence electrons. The van der Waals surface area contributed by atoms with Crippen LogP contribution in [0.4, 0.5) is 0 Å². The van der Waals surface area contributed by atoms with Gasteiger partial charge >= 0.3 is 0 Å². The molecule has 0 spiro atoms. The van der Waals surface area contributed by atoms with Crippen molar-refractivity contribution in [2.24, 2.45) is 0 Å². The molecular formula is C21H20O8. The Balaban J connectivity index is 1.84. The molecule has 0 radical (unpaired) electrons. The summed E-state index contributed by atoms with van der Waals surface area (Å²) in [6.45, 7) is 1.05. The third kappa shape index (κ3) is 2.80. The summed E-state index contributed by atoms with van der Waals surface area (Å²) in [5.74, 6) is -0.931. The number of ether oxygens (including phenoxy) is 3. The second-order valence-corrected chi connectivity index (χ2v) is 7.28. The molecule has 8 heteroatoms. The third-order valence-electron chi connectivity index (χ3n) is 5.17. The Morgan fingerprint density at radius 3 is 2.66 bits per heavy atom. The summed E-state index contributed by atoms with van der Waals surface area (Å²) in [6, 6.07) is 5.26. The molecule has 2 aliphatic rings. The van der Waals surface area contributed by atoms with Crippen LogP contribution in [0.5, 0.6) is 28.7 Å². The first-order valence-electron chi connectivity index (χ1n) is 8.89. The molecule has 29 heavy (non-hydrogen) atoms. The zero-order chi connectivity index (χ0) is 21.0. The first-order chi connectivity index (χ1) is 13.7. The molecule has 0 amide bonds. The monoisotopic (exact) mass is 400 g/mol. The highest BCUT2D eigenvalue weighted by Gasteiger charge is 2.48. The maximum absolute atomic E-state index is 13.1. The number of hydrogen-bond acceptors (Lipinski definition) is 8. The molecule has 2 atom stereocenters. The normalized spacial score (nSPS) is 24.9. The van der Waals surface area contributed by atoms with Crippen molar-refractivity contribution >= 4 is 11.9 Å². The number of phenolic OH excluding ortho intramolecular Hbond substituents is 2. The van der Waals surface area contributed by atoms with Crippen molar-refractivity contribution in [3.8, 4) is 28.7 Å². The lowest BCUT2D eigenvalue weighted by Gasteiger charge is -2.35. The van der Waals surface area contributed by atoms with Gasteiger partial charge in [-0.25, -0.2) is 0 Å². The lowest BCUT2D eigenvalue weighted by molar-refractivity contribution is -0.00687. The molecular weight excluding hydrogens is 380 g/mol. The highest BCUT2D eigenvalue weighted by molar-refractivity contribution is 6.08. The fourth-order valence-electron chi connectivity index (χ4n) is 3.59. The highest BCUT2D eigenvalue weighted by atomic mass is 16.5. The average Bonchev–Trinajstić information content (AvgIpc) is 2.69. The van der Waals surface area contributed by atoms with Gasteiger partial charge in [0.25, 0.3) is 0 Å². The van der Waals surface area contributed by atoms with E-state index in [4.69, 9.17) is 14.2 Å². The van der Waals surface area contributed by atoms with Gasteiger partial charge in [-0.1, -0.05) is 0 Å². The van der Waals surface area contributed by atoms with Gasteiger partial charge in [-0.05, 0) is 31.2 Å². The number of methoxy groups -OCH3 is 1. The number of carbonyl (C=O) groups is 1. The van der Waals surface area contributed by atoms with E-state index in [2.05, 4.69) is 0 Å². The van der Waals surface area contributed by atoms with E-state index < -0.39 is 29.3 Å². The third-order valence-corrected chi connectivity index (χ3v) is 5.17. The second kappa shape index (κ2) is 6.40. The maximum Gasteiger partial charge on any atom is 0.210 e. The van der Waals surface area contributed by atoms with E-state index in [1.807, 2.05) is 0 Å². The minimum atomic E-state index is -2.13. The van der Waals surface area contributed by atoms with E-state index >= 15 is 0 Å². The van der Waals surface area contributed by atoms with Gasteiger partial charge in [0.05, 0.1) is 19.3 Å². The number of aromatic hydroxyl groups is 2. The van der Waals surface area contributed by atoms with E-state index in [-0.39, 0.29) is 35.0 Å². The van der Waals surface area contributed by atoms with Crippen LogP contribution in [0, 0.1) is 0 Å². The Morgan fingerprint density at radius 1 is 1.21 bits per heavy atom. The van der Waals surface area contributed by atoms with Gasteiger partial charge in [0, 0.05) is 17.7 Å². The lowest BCUT2D eigenvalue weighted by atomic mass is 9.82. The minimum Gasteiger partial charge on any atom is -0.508 e. The molecule has 0 fully saturated rings. The van der Waals surface area contributed by atoms with Gasteiger partial charge in [0.2, 0.25) is 5.78 Å². The number of hydrogen-bond donors (Lipinski definition) is 4. The summed E-state index contributed by atoms with van der Waals surface area (Å²) in [4.78, 5) is 13.1. The summed E-state index contributed by atoms with van der Waals surface area (Å²) in [5, 5.41) is 40.5. The van der Waals surface area contributed by atoms with E-state index in [9.17, 15) is 25.2 Å². The quantitative estimate of drug-likeness (QED) is 0.614. The van der Waals surface area contributed by atoms with Crippen LogP contribution in [0.25, 0.3) is 6.08 Å². The summed E-state index contributed by atoms with van der Waals surface area (Å²) >= 11 is 0. The number of aliphatic hydroxyl groups excluding tert-OH is 1. The molecule has 2 heterocycles. The molecule has 2 aromatic rings. The van der Waals surface area contributed by atoms with Crippen LogP contribution in [-0.2, 0) is 5.60 Å². The number of Topliss-reactive ketones (excluding diaryl/α,β-unsaturated/α-hetero) is 1. The minimum absolute atomic E-state index is 0.0176. The van der Waals surface area contributed by atoms with Gasteiger partial charge in [-0.2, -0.15) is 0 Å². The highest BCUT2D eigenvalue weighted by Crippen LogP contribution is 2.47. The smallest absolute Gasteiger partial charge is 0.210 e. The van der Waals surface area contributed by atoms with Gasteiger partial charge in [-0.15, -0.1) is 0 Å². The Bertz CT molecular complexity index is 1040. The number of carbonyl (C=O) groups excluding carboxylic acids is 1. The molecule has 2 aromatic carbocycles. The van der Waals surface area contributed by atoms with Crippen LogP contribution >= 0.6 is 0 Å². The van der Waals surface area contributed by atoms with Crippen LogP contribution in [-0.4, -0.2) is 52.1 Å². The SMILES string of the molecule is COc1c([C@]2(O)COc3cc(O)cc(O)c3C2=O)ccc2c1C=C[C@@](C)(CO)O2. The lowest BCUT2D eigenvalue weighted by Crippen LogP contribution is -2.45. The van der Waals surface area contributed by atoms with Crippen molar-refractivity contribution in [3.63, 3.8) is 0 Å². The first kappa shape index (κ1) is 19.1. The standard InChI is InChI=1S/C21H20O8/c1-20(9-22)6-5-12-15(29-20)4-3-13(18(12)27-2)21(26)10-28-16-8-11(23)7-14(24)17(16)19(21)25/h3-8,22-24,26H,9-10H2,1-2H3/t20-,21+/m0/s1. The van der Waals surface area contributed by atoms with Crippen LogP contribution in [0.15, 0.2) is 30.3 Å². The van der Waals surface area contributed by atoms with Gasteiger partial charge < -0.3 is 34.6 Å². The molecule has 0 saturated heterocycles. The molecule has 4 rings (SSSR count). The van der Waals surface area contributed by atoms with Crippen molar-refractivity contribution in [2.75, 3.05) is 20.3 Å². The number of benzene rings is 2. The van der Waals surface area contributed by atoms with Crippen LogP contribution in [0.1, 0.15) is 28.4 Å². The van der Waals surface area contributed by atoms with E-state index in [1.54, 1.807) is 25.1 Å². The zero-order valence-corrected chi connectivity index (χ0v) is 15.8. The summed E-state index contributed by atoms with van der Waals surface area (Å²) < 4.78 is 16.8. The molecule has 0 aliphatic carbocycles. The zero-order valence-electron chi connectivity index (χ0n) is 15.8. The number of fused-ring (bicyclic) bond motifs is 2. The first-order valence-corrected chi connectivity index (χ1v) is 8.89. The Labute approximate surface area is 166 Å². The predicted octanol–water partition coefficient (Wildman–Crippen LogP) is 1.73. The Hall–Kier alpha value is -3.23. The predicted molar refractivity (Wildman–Crippen MR) is 102 cm³/mol. The van der Waals surface area contributed by atoms with Crippen molar-refractivity contribution in [3.05, 3.63) is 47.0 Å². The fraction of sp³-hybridized carbons (Fsp3) is 0.286. The molecule has 2 aliphatic heterocycles. The Kier molecular flexibility index (Phi) is 4.21. The number of ketones is 1. The summed E-state index contributed by atoms with van der Waals surface area (Å²) in [5.41, 5.74) is -2.61. The number of aliphatic hydroxyl groups is 2. The number of rotatable bonds is 3. The van der Waals surface area contributed by atoms with Crippen LogP contribution < -0.4 is 14.2 Å². The molecule has 0 saturated carbocycles. The largest absolute Gasteiger partial charge is 0.508 e. The van der Waals surface area contributed by atoms with Crippen molar-refractivity contribution < 1.29 is 39.4 Å². The van der Waals surface area contributed by atoms with Gasteiger partial charge in [-0.3, -0.25) is 4.79 Å². The van der Waals surface area contributed by atoms with Crippen LogP contribution in [0.2, 0.25) is 0 Å². The molecule has 0 unspecified atom stereocenters. The van der Waals surface area contributed by atoms with Crippen molar-refractivity contribution in [1.29, 1.82) is 0 Å². The molecule has 8 nitrogen and oxygen atoms in total. The van der Waals surface area contributed by atoms with E-state index in [0.29, 0.717) is 11.3 Å². The topological polar surface area (TPSA) is 126 Å². The molecule has 0 aromatic heterocycles.